The van der Waals surface area contributed by atoms with Crippen LogP contribution in [-0.4, -0.2) is 58.5 Å². The van der Waals surface area contributed by atoms with E-state index in [-0.39, 0.29) is 18.4 Å². The van der Waals surface area contributed by atoms with E-state index in [9.17, 15) is 8.42 Å². The molecule has 6 heteroatoms. The Morgan fingerprint density at radius 3 is 2.53 bits per heavy atom. The van der Waals surface area contributed by atoms with Gasteiger partial charge in [-0.3, -0.25) is 4.90 Å². The average molecular weight is 264 g/mol. The van der Waals surface area contributed by atoms with Gasteiger partial charge in [-0.25, -0.2) is 13.1 Å². The maximum atomic E-state index is 11.6. The van der Waals surface area contributed by atoms with E-state index in [4.69, 9.17) is 4.74 Å². The first-order chi connectivity index (χ1) is 8.05. The lowest BCUT2D eigenvalue weighted by Crippen LogP contribution is -2.45. The smallest absolute Gasteiger partial charge is 0.213 e. The fourth-order valence-corrected chi connectivity index (χ4v) is 3.03. The first-order valence-corrected chi connectivity index (χ1v) is 7.91. The average Bonchev–Trinajstić information content (AvgIpc) is 2.35. The van der Waals surface area contributed by atoms with Crippen LogP contribution in [0.25, 0.3) is 0 Å². The molecule has 0 aromatic rings. The third-order valence-corrected chi connectivity index (χ3v) is 4.48. The van der Waals surface area contributed by atoms with Crippen LogP contribution in [0.4, 0.5) is 0 Å². The second-order valence-corrected chi connectivity index (χ2v) is 6.53. The summed E-state index contributed by atoms with van der Waals surface area (Å²) in [4.78, 5) is 2.35. The van der Waals surface area contributed by atoms with Gasteiger partial charge in [-0.05, 0) is 32.9 Å². The van der Waals surface area contributed by atoms with Crippen LogP contribution in [0, 0.1) is 0 Å². The minimum Gasteiger partial charge on any atom is -0.384 e. The number of sulfonamides is 1. The molecule has 5 nitrogen and oxygen atoms in total. The van der Waals surface area contributed by atoms with Crippen LogP contribution >= 0.6 is 0 Å². The van der Waals surface area contributed by atoms with Crippen LogP contribution in [-0.2, 0) is 14.8 Å². The van der Waals surface area contributed by atoms with Crippen molar-refractivity contribution in [1.82, 2.24) is 9.62 Å². The van der Waals surface area contributed by atoms with Crippen LogP contribution in [0.2, 0.25) is 0 Å². The second kappa shape index (κ2) is 7.31. The third kappa shape index (κ3) is 5.81. The molecule has 1 N–H and O–H groups in total. The van der Waals surface area contributed by atoms with Gasteiger partial charge in [0, 0.05) is 19.7 Å². The van der Waals surface area contributed by atoms with Gasteiger partial charge in [0.25, 0.3) is 0 Å². The summed E-state index contributed by atoms with van der Waals surface area (Å²) in [6.45, 7) is 4.98. The molecule has 0 amide bonds. The Labute approximate surface area is 105 Å². The fraction of sp³-hybridized carbons (Fsp3) is 1.00. The molecule has 0 aromatic carbocycles. The Morgan fingerprint density at radius 2 is 1.94 bits per heavy atom. The van der Waals surface area contributed by atoms with Crippen LogP contribution in [0.15, 0.2) is 0 Å². The Hall–Kier alpha value is -0.170. The highest BCUT2D eigenvalue weighted by atomic mass is 32.2. The van der Waals surface area contributed by atoms with Gasteiger partial charge in [0.15, 0.2) is 0 Å². The van der Waals surface area contributed by atoms with Gasteiger partial charge in [-0.15, -0.1) is 0 Å². The van der Waals surface area contributed by atoms with Gasteiger partial charge in [0.1, 0.15) is 0 Å². The molecule has 17 heavy (non-hydrogen) atoms. The summed E-state index contributed by atoms with van der Waals surface area (Å²) in [5.41, 5.74) is 0. The molecular weight excluding hydrogens is 240 g/mol. The highest BCUT2D eigenvalue weighted by Gasteiger charge is 2.18. The molecule has 1 saturated heterocycles. The summed E-state index contributed by atoms with van der Waals surface area (Å²) in [6.07, 6.45) is 3.74. The lowest BCUT2D eigenvalue weighted by Gasteiger charge is -2.32. The fourth-order valence-electron chi connectivity index (χ4n) is 2.00. The first-order valence-electron chi connectivity index (χ1n) is 6.25. The minimum absolute atomic E-state index is 0.0379. The zero-order valence-electron chi connectivity index (χ0n) is 10.8. The molecule has 1 atom stereocenters. The van der Waals surface area contributed by atoms with Crippen molar-refractivity contribution in [2.24, 2.45) is 0 Å². The van der Waals surface area contributed by atoms with E-state index in [2.05, 4.69) is 16.5 Å². The monoisotopic (exact) mass is 264 g/mol. The molecule has 0 spiro atoms. The SMILES string of the molecule is COCCS(=O)(=O)NCC(C)N1CCCCC1. The predicted molar refractivity (Wildman–Crippen MR) is 68.6 cm³/mol. The number of rotatable bonds is 7. The van der Waals surface area contributed by atoms with Gasteiger partial charge in [0.05, 0.1) is 12.4 Å². The minimum atomic E-state index is -3.18. The predicted octanol–water partition coefficient (Wildman–Crippen LogP) is 0.427. The van der Waals surface area contributed by atoms with Crippen molar-refractivity contribution < 1.29 is 13.2 Å². The third-order valence-electron chi connectivity index (χ3n) is 3.17. The molecular formula is C11H24N2O3S. The topological polar surface area (TPSA) is 58.6 Å². The quantitative estimate of drug-likeness (QED) is 0.724. The summed E-state index contributed by atoms with van der Waals surface area (Å²) in [5.74, 6) is 0.0379. The molecule has 1 aliphatic heterocycles. The Balaban J connectivity index is 2.28. The zero-order valence-corrected chi connectivity index (χ0v) is 11.6. The van der Waals surface area contributed by atoms with Gasteiger partial charge in [-0.2, -0.15) is 0 Å². The number of nitrogens with zero attached hydrogens (tertiary/aromatic N) is 1. The first kappa shape index (κ1) is 14.9. The van der Waals surface area contributed by atoms with E-state index in [1.165, 1.54) is 26.4 Å². The molecule has 0 aromatic heterocycles. The molecule has 0 aliphatic carbocycles. The zero-order chi connectivity index (χ0) is 12.7. The second-order valence-electron chi connectivity index (χ2n) is 4.61. The number of methoxy groups -OCH3 is 1. The molecule has 1 heterocycles. The van der Waals surface area contributed by atoms with E-state index in [1.807, 2.05) is 0 Å². The van der Waals surface area contributed by atoms with Crippen molar-refractivity contribution in [2.45, 2.75) is 32.2 Å². The van der Waals surface area contributed by atoms with E-state index >= 15 is 0 Å². The molecule has 0 radical (unpaired) electrons. The molecule has 102 valence electrons. The standard InChI is InChI=1S/C11H24N2O3S/c1-11(13-6-4-3-5-7-13)10-12-17(14,15)9-8-16-2/h11-12H,3-10H2,1-2H3. The van der Waals surface area contributed by atoms with E-state index < -0.39 is 10.0 Å². The molecule has 0 bridgehead atoms. The Morgan fingerprint density at radius 1 is 1.29 bits per heavy atom. The highest BCUT2D eigenvalue weighted by Crippen LogP contribution is 2.11. The van der Waals surface area contributed by atoms with Crippen LogP contribution in [0.5, 0.6) is 0 Å². The Bertz CT molecular complexity index is 300. The summed E-state index contributed by atoms with van der Waals surface area (Å²) < 4.78 is 30.5. The lowest BCUT2D eigenvalue weighted by molar-refractivity contribution is 0.175. The normalized spacial score (nSPS) is 20.4. The lowest BCUT2D eigenvalue weighted by atomic mass is 10.1. The van der Waals surface area contributed by atoms with E-state index in [0.717, 1.165) is 13.1 Å². The highest BCUT2D eigenvalue weighted by molar-refractivity contribution is 7.89. The number of ether oxygens (including phenoxy) is 1. The Kier molecular flexibility index (Phi) is 6.40. The molecule has 1 rings (SSSR count). The molecule has 0 saturated carbocycles. The van der Waals surface area contributed by atoms with Crippen LogP contribution < -0.4 is 4.72 Å². The summed E-state index contributed by atoms with van der Waals surface area (Å²) in [6, 6.07) is 0.271. The van der Waals surface area contributed by atoms with Crippen molar-refractivity contribution >= 4 is 10.0 Å². The maximum Gasteiger partial charge on any atom is 0.213 e. The van der Waals surface area contributed by atoms with Crippen molar-refractivity contribution in [3.05, 3.63) is 0 Å². The van der Waals surface area contributed by atoms with E-state index in [1.54, 1.807) is 0 Å². The van der Waals surface area contributed by atoms with Crippen molar-refractivity contribution in [2.75, 3.05) is 39.1 Å². The summed E-state index contributed by atoms with van der Waals surface area (Å²) in [5, 5.41) is 0. The van der Waals surface area contributed by atoms with Gasteiger partial charge in [0.2, 0.25) is 10.0 Å². The number of hydrogen-bond donors (Lipinski definition) is 1. The van der Waals surface area contributed by atoms with E-state index in [0.29, 0.717) is 6.54 Å². The van der Waals surface area contributed by atoms with Gasteiger partial charge < -0.3 is 4.74 Å². The van der Waals surface area contributed by atoms with Gasteiger partial charge >= 0.3 is 0 Å². The largest absolute Gasteiger partial charge is 0.384 e. The summed E-state index contributed by atoms with van der Waals surface area (Å²) in [7, 11) is -1.67. The van der Waals surface area contributed by atoms with Crippen LogP contribution in [0.3, 0.4) is 0 Å². The van der Waals surface area contributed by atoms with Gasteiger partial charge in [-0.1, -0.05) is 6.42 Å². The maximum absolute atomic E-state index is 11.6. The van der Waals surface area contributed by atoms with Crippen LogP contribution in [0.1, 0.15) is 26.2 Å². The summed E-state index contributed by atoms with van der Waals surface area (Å²) >= 11 is 0. The molecule has 1 aliphatic rings. The number of hydrogen-bond acceptors (Lipinski definition) is 4. The number of likely N-dealkylation sites (tertiary alicyclic amines) is 1. The molecule has 1 unspecified atom stereocenters. The number of nitrogens with one attached hydrogen (secondary N) is 1. The number of piperidine rings is 1. The van der Waals surface area contributed by atoms with Crippen molar-refractivity contribution in [1.29, 1.82) is 0 Å². The van der Waals surface area contributed by atoms with Crippen molar-refractivity contribution in [3.63, 3.8) is 0 Å². The van der Waals surface area contributed by atoms with Crippen molar-refractivity contribution in [3.8, 4) is 0 Å². The molecule has 1 fully saturated rings.